The second kappa shape index (κ2) is 14.7. The third-order valence-electron chi connectivity index (χ3n) is 12.6. The number of hydrogen-bond donors (Lipinski definition) is 1. The van der Waals surface area contributed by atoms with Crippen molar-refractivity contribution in [3.05, 3.63) is 217 Å². The lowest BCUT2D eigenvalue weighted by Gasteiger charge is -2.22. The molecule has 0 amide bonds. The highest BCUT2D eigenvalue weighted by Gasteiger charge is 2.36. The number of aromatic nitrogens is 3. The third-order valence-corrected chi connectivity index (χ3v) is 12.6. The van der Waals surface area contributed by atoms with Crippen LogP contribution in [0.3, 0.4) is 0 Å². The van der Waals surface area contributed by atoms with E-state index in [1.54, 1.807) is 6.07 Å². The van der Waals surface area contributed by atoms with E-state index in [-0.39, 0.29) is 11.2 Å². The molecule has 62 heavy (non-hydrogen) atoms. The van der Waals surface area contributed by atoms with Gasteiger partial charge >= 0.3 is 0 Å². The minimum Gasteiger partial charge on any atom is -0.507 e. The standard InChI is InChI=1S/C58H43N3O/c1-37-31-43(36-51(59-37)39-19-16-20-40(32-39)52-34-42(38-17-6-4-7-18-38)35-53(60-52)47-24-12-15-28-55(47)62)57-56(48-25-11-14-27-54(48)61(57)44-21-8-5-9-22-44)41-29-30-46-45-23-10-13-26-49(45)58(2,3)50(46)33-41/h4-36,62H,1-3H3. The molecule has 3 aromatic heterocycles. The molecule has 0 radical (unpaired) electrons. The predicted octanol–water partition coefficient (Wildman–Crippen LogP) is 14.7. The molecule has 11 rings (SSSR count). The van der Waals surface area contributed by atoms with Crippen molar-refractivity contribution in [1.29, 1.82) is 0 Å². The number of hydrogen-bond acceptors (Lipinski definition) is 3. The molecule has 0 saturated carbocycles. The molecular weight excluding hydrogens is 755 g/mol. The van der Waals surface area contributed by atoms with Crippen molar-refractivity contribution in [2.45, 2.75) is 26.2 Å². The molecule has 1 N–H and O–H groups in total. The summed E-state index contributed by atoms with van der Waals surface area (Å²) in [5, 5.41) is 12.1. The molecule has 0 unspecified atom stereocenters. The first-order valence-corrected chi connectivity index (χ1v) is 21.2. The number of fused-ring (bicyclic) bond motifs is 4. The number of phenolic OH excluding ortho intramolecular Hbond substituents is 1. The van der Waals surface area contributed by atoms with E-state index in [9.17, 15) is 5.11 Å². The Labute approximate surface area is 362 Å². The van der Waals surface area contributed by atoms with E-state index in [0.717, 1.165) is 61.8 Å². The van der Waals surface area contributed by atoms with Gasteiger partial charge in [0, 0.05) is 50.0 Å². The van der Waals surface area contributed by atoms with Gasteiger partial charge in [0.1, 0.15) is 5.75 Å². The molecule has 0 fully saturated rings. The number of para-hydroxylation sites is 3. The summed E-state index contributed by atoms with van der Waals surface area (Å²) in [7, 11) is 0. The van der Waals surface area contributed by atoms with Crippen molar-refractivity contribution in [2.24, 2.45) is 0 Å². The van der Waals surface area contributed by atoms with Gasteiger partial charge in [-0.2, -0.15) is 0 Å². The minimum absolute atomic E-state index is 0.136. The zero-order chi connectivity index (χ0) is 42.0. The van der Waals surface area contributed by atoms with Crippen LogP contribution in [0.1, 0.15) is 30.7 Å². The van der Waals surface area contributed by atoms with E-state index in [2.05, 4.69) is 183 Å². The van der Waals surface area contributed by atoms with Crippen LogP contribution < -0.4 is 0 Å². The Balaban J connectivity index is 1.10. The molecule has 0 saturated heterocycles. The number of nitrogens with zero attached hydrogens (tertiary/aromatic N) is 3. The average Bonchev–Trinajstić information content (AvgIpc) is 3.78. The van der Waals surface area contributed by atoms with E-state index >= 15 is 0 Å². The van der Waals surface area contributed by atoms with Crippen molar-refractivity contribution in [1.82, 2.24) is 14.5 Å². The fraction of sp³-hybridized carbons (Fsp3) is 0.0690. The van der Waals surface area contributed by atoms with E-state index in [1.165, 1.54) is 38.8 Å². The smallest absolute Gasteiger partial charge is 0.124 e. The Morgan fingerprint density at radius 3 is 1.84 bits per heavy atom. The summed E-state index contributed by atoms with van der Waals surface area (Å²) >= 11 is 0. The van der Waals surface area contributed by atoms with Crippen LogP contribution in [0.4, 0.5) is 0 Å². The molecule has 1 aliphatic carbocycles. The monoisotopic (exact) mass is 797 g/mol. The molecule has 7 aromatic carbocycles. The van der Waals surface area contributed by atoms with Crippen molar-refractivity contribution in [2.75, 3.05) is 0 Å². The van der Waals surface area contributed by atoms with E-state index in [4.69, 9.17) is 9.97 Å². The number of benzene rings is 7. The van der Waals surface area contributed by atoms with Crippen LogP contribution in [0.5, 0.6) is 5.75 Å². The van der Waals surface area contributed by atoms with E-state index in [0.29, 0.717) is 11.3 Å². The Hall–Kier alpha value is -7.82. The number of rotatable bonds is 7. The number of aryl methyl sites for hydroxylation is 1. The van der Waals surface area contributed by atoms with Gasteiger partial charge in [0.25, 0.3) is 0 Å². The van der Waals surface area contributed by atoms with Crippen molar-refractivity contribution >= 4 is 10.9 Å². The Kier molecular flexibility index (Phi) is 8.83. The lowest BCUT2D eigenvalue weighted by Crippen LogP contribution is -2.14. The highest BCUT2D eigenvalue weighted by atomic mass is 16.3. The molecule has 0 atom stereocenters. The first-order chi connectivity index (χ1) is 30.3. The largest absolute Gasteiger partial charge is 0.507 e. The Morgan fingerprint density at radius 1 is 0.435 bits per heavy atom. The molecule has 4 heteroatoms. The Bertz CT molecular complexity index is 3340. The predicted molar refractivity (Wildman–Crippen MR) is 255 cm³/mol. The molecule has 4 nitrogen and oxygen atoms in total. The quantitative estimate of drug-likeness (QED) is 0.175. The summed E-state index contributed by atoms with van der Waals surface area (Å²) in [6, 6.07) is 70.3. The van der Waals surface area contributed by atoms with Crippen LogP contribution in [0.25, 0.3) is 95.0 Å². The molecule has 0 spiro atoms. The van der Waals surface area contributed by atoms with Crippen molar-refractivity contribution in [3.63, 3.8) is 0 Å². The zero-order valence-electron chi connectivity index (χ0n) is 34.8. The van der Waals surface area contributed by atoms with Gasteiger partial charge < -0.3 is 9.67 Å². The van der Waals surface area contributed by atoms with Gasteiger partial charge in [-0.1, -0.05) is 147 Å². The fourth-order valence-corrected chi connectivity index (χ4v) is 9.61. The highest BCUT2D eigenvalue weighted by molar-refractivity contribution is 6.06. The summed E-state index contributed by atoms with van der Waals surface area (Å²) in [5.74, 6) is 0.197. The normalized spacial score (nSPS) is 12.6. The van der Waals surface area contributed by atoms with Gasteiger partial charge in [-0.25, -0.2) is 4.98 Å². The van der Waals surface area contributed by atoms with Gasteiger partial charge in [-0.3, -0.25) is 4.98 Å². The van der Waals surface area contributed by atoms with Crippen LogP contribution in [0.15, 0.2) is 200 Å². The SMILES string of the molecule is Cc1cc(-c2c(-c3ccc4c(c3)C(C)(C)c3ccccc3-4)c3ccccc3n2-c2ccccc2)cc(-c2cccc(-c3cc(-c4ccccc4)cc(-c4ccccc4O)n3)c2)n1. The second-order valence-corrected chi connectivity index (χ2v) is 16.8. The molecule has 296 valence electrons. The summed E-state index contributed by atoms with van der Waals surface area (Å²) < 4.78 is 2.42. The first-order valence-electron chi connectivity index (χ1n) is 21.2. The maximum atomic E-state index is 10.9. The molecule has 10 aromatic rings. The van der Waals surface area contributed by atoms with E-state index < -0.39 is 0 Å². The van der Waals surface area contributed by atoms with Crippen LogP contribution in [-0.4, -0.2) is 19.6 Å². The molecule has 3 heterocycles. The summed E-state index contributed by atoms with van der Waals surface area (Å²) in [6.45, 7) is 6.79. The van der Waals surface area contributed by atoms with Crippen molar-refractivity contribution in [3.8, 4) is 89.8 Å². The highest BCUT2D eigenvalue weighted by Crippen LogP contribution is 2.51. The summed E-state index contributed by atoms with van der Waals surface area (Å²) in [6.07, 6.45) is 0. The Morgan fingerprint density at radius 2 is 1.05 bits per heavy atom. The molecule has 1 aliphatic rings. The van der Waals surface area contributed by atoms with Crippen LogP contribution in [0.2, 0.25) is 0 Å². The van der Waals surface area contributed by atoms with Gasteiger partial charge in [0.2, 0.25) is 0 Å². The number of pyridine rings is 2. The van der Waals surface area contributed by atoms with Gasteiger partial charge in [-0.15, -0.1) is 0 Å². The van der Waals surface area contributed by atoms with Gasteiger partial charge in [0.05, 0.1) is 28.3 Å². The van der Waals surface area contributed by atoms with E-state index in [1.807, 2.05) is 36.4 Å². The van der Waals surface area contributed by atoms with Crippen LogP contribution in [-0.2, 0) is 5.41 Å². The maximum absolute atomic E-state index is 10.9. The summed E-state index contributed by atoms with van der Waals surface area (Å²) in [5.41, 5.74) is 20.1. The lowest BCUT2D eigenvalue weighted by molar-refractivity contribution is 0.477. The minimum atomic E-state index is -0.136. The topological polar surface area (TPSA) is 50.9 Å². The maximum Gasteiger partial charge on any atom is 0.124 e. The van der Waals surface area contributed by atoms with Gasteiger partial charge in [-0.05, 0) is 113 Å². The van der Waals surface area contributed by atoms with Crippen LogP contribution in [0, 0.1) is 6.92 Å². The second-order valence-electron chi connectivity index (χ2n) is 16.8. The van der Waals surface area contributed by atoms with Crippen molar-refractivity contribution < 1.29 is 5.11 Å². The number of phenols is 1. The lowest BCUT2D eigenvalue weighted by atomic mass is 9.81. The van der Waals surface area contributed by atoms with Crippen LogP contribution >= 0.6 is 0 Å². The number of aromatic hydroxyl groups is 1. The zero-order valence-corrected chi connectivity index (χ0v) is 34.8. The average molecular weight is 798 g/mol. The molecule has 0 bridgehead atoms. The summed E-state index contributed by atoms with van der Waals surface area (Å²) in [4.78, 5) is 10.3. The fourth-order valence-electron chi connectivity index (χ4n) is 9.61. The molecule has 0 aliphatic heterocycles. The molecular formula is C58H43N3O. The third kappa shape index (κ3) is 6.22. The van der Waals surface area contributed by atoms with Gasteiger partial charge in [0.15, 0.2) is 0 Å². The first kappa shape index (κ1) is 37.2.